The van der Waals surface area contributed by atoms with Crippen LogP contribution in [0, 0.1) is 0 Å². The van der Waals surface area contributed by atoms with Crippen molar-refractivity contribution in [2.45, 2.75) is 25.5 Å². The van der Waals surface area contributed by atoms with E-state index >= 15 is 0 Å². The predicted molar refractivity (Wildman–Crippen MR) is 128 cm³/mol. The van der Waals surface area contributed by atoms with Crippen LogP contribution in [0.25, 0.3) is 0 Å². The first-order chi connectivity index (χ1) is 16.3. The maximum absolute atomic E-state index is 10.5. The number of anilines is 3. The van der Waals surface area contributed by atoms with E-state index in [4.69, 9.17) is 9.72 Å². The van der Waals surface area contributed by atoms with Crippen molar-refractivity contribution < 1.29 is 9.84 Å². The molecule has 1 unspecified atom stereocenters. The first-order valence-corrected chi connectivity index (χ1v) is 11.8. The Balaban J connectivity index is 1.28. The van der Waals surface area contributed by atoms with Crippen molar-refractivity contribution in [1.29, 1.82) is 0 Å². The van der Waals surface area contributed by atoms with E-state index in [-0.39, 0.29) is 0 Å². The number of ether oxygens (including phenoxy) is 1. The first-order valence-electron chi connectivity index (χ1n) is 11.8. The van der Waals surface area contributed by atoms with Crippen LogP contribution in [0.3, 0.4) is 0 Å². The standard InChI is InChI=1S/C23H32N8O2/c32-22-20-19(16-25-29-22)27-23(31-10-2-1-3-11-31)28-21(20)26-17-4-6-18(7-5-17)33-15-14-30-12-8-24-9-13-30/h4-7,16,22,24,29,32H,1-3,8-15H2,(H,26,27,28). The highest BCUT2D eigenvalue weighted by atomic mass is 16.5. The summed E-state index contributed by atoms with van der Waals surface area (Å²) in [4.78, 5) is 14.1. The Morgan fingerprint density at radius 2 is 1.82 bits per heavy atom. The summed E-state index contributed by atoms with van der Waals surface area (Å²) in [5.41, 5.74) is 4.78. The van der Waals surface area contributed by atoms with Crippen LogP contribution < -0.4 is 25.7 Å². The van der Waals surface area contributed by atoms with E-state index in [1.165, 1.54) is 6.42 Å². The van der Waals surface area contributed by atoms with Crippen molar-refractivity contribution in [3.63, 3.8) is 0 Å². The highest BCUT2D eigenvalue weighted by Gasteiger charge is 2.25. The molecule has 0 amide bonds. The summed E-state index contributed by atoms with van der Waals surface area (Å²) < 4.78 is 5.93. The monoisotopic (exact) mass is 452 g/mol. The van der Waals surface area contributed by atoms with Crippen LogP contribution in [0.2, 0.25) is 0 Å². The van der Waals surface area contributed by atoms with Gasteiger partial charge in [-0.25, -0.2) is 4.98 Å². The lowest BCUT2D eigenvalue weighted by Gasteiger charge is -2.29. The Bertz CT molecular complexity index is 956. The smallest absolute Gasteiger partial charge is 0.227 e. The van der Waals surface area contributed by atoms with Gasteiger partial charge in [-0.3, -0.25) is 10.3 Å². The van der Waals surface area contributed by atoms with Crippen molar-refractivity contribution in [3.05, 3.63) is 35.5 Å². The van der Waals surface area contributed by atoms with E-state index in [9.17, 15) is 5.11 Å². The van der Waals surface area contributed by atoms with Crippen LogP contribution >= 0.6 is 0 Å². The molecule has 1 atom stereocenters. The van der Waals surface area contributed by atoms with E-state index < -0.39 is 6.23 Å². The van der Waals surface area contributed by atoms with E-state index in [2.05, 4.69) is 35.9 Å². The lowest BCUT2D eigenvalue weighted by molar-refractivity contribution is 0.139. The van der Waals surface area contributed by atoms with Gasteiger partial charge >= 0.3 is 0 Å². The summed E-state index contributed by atoms with van der Waals surface area (Å²) in [5, 5.41) is 21.2. The van der Waals surface area contributed by atoms with Crippen LogP contribution in [0.5, 0.6) is 5.75 Å². The molecule has 10 heteroatoms. The summed E-state index contributed by atoms with van der Waals surface area (Å²) in [6.07, 6.45) is 4.18. The maximum Gasteiger partial charge on any atom is 0.227 e. The molecular formula is C23H32N8O2. The molecule has 1 aromatic heterocycles. The number of aromatic nitrogens is 2. The quantitative estimate of drug-likeness (QED) is 0.496. The zero-order valence-electron chi connectivity index (χ0n) is 18.8. The van der Waals surface area contributed by atoms with Crippen LogP contribution in [-0.4, -0.2) is 78.6 Å². The van der Waals surface area contributed by atoms with Gasteiger partial charge in [0.1, 0.15) is 18.2 Å². The van der Waals surface area contributed by atoms with Gasteiger partial charge in [-0.2, -0.15) is 10.1 Å². The van der Waals surface area contributed by atoms with Gasteiger partial charge in [0, 0.05) is 51.5 Å². The molecule has 0 aliphatic carbocycles. The highest BCUT2D eigenvalue weighted by molar-refractivity contribution is 5.84. The topological polar surface area (TPSA) is 110 Å². The summed E-state index contributed by atoms with van der Waals surface area (Å²) in [6.45, 7) is 7.71. The minimum atomic E-state index is -0.963. The van der Waals surface area contributed by atoms with E-state index in [0.29, 0.717) is 29.6 Å². The lowest BCUT2D eigenvalue weighted by Crippen LogP contribution is -2.44. The zero-order chi connectivity index (χ0) is 22.5. The zero-order valence-corrected chi connectivity index (χ0v) is 18.8. The number of benzene rings is 1. The van der Waals surface area contributed by atoms with Crippen LogP contribution in [0.1, 0.15) is 36.7 Å². The van der Waals surface area contributed by atoms with Gasteiger partial charge in [0.25, 0.3) is 0 Å². The maximum atomic E-state index is 10.5. The lowest BCUT2D eigenvalue weighted by atomic mass is 10.1. The van der Waals surface area contributed by atoms with Crippen LogP contribution in [0.4, 0.5) is 17.5 Å². The summed E-state index contributed by atoms with van der Waals surface area (Å²) in [6, 6.07) is 7.84. The molecule has 1 aromatic carbocycles. The SMILES string of the molecule is OC1NN=Cc2nc(N3CCCCC3)nc(Nc3ccc(OCCN4CCNCC4)cc3)c21. The average molecular weight is 453 g/mol. The second kappa shape index (κ2) is 10.3. The normalized spacial score (nSPS) is 20.8. The molecule has 33 heavy (non-hydrogen) atoms. The molecule has 0 radical (unpaired) electrons. The molecule has 2 saturated heterocycles. The van der Waals surface area contributed by atoms with E-state index in [1.54, 1.807) is 6.21 Å². The van der Waals surface area contributed by atoms with Crippen LogP contribution in [0.15, 0.2) is 29.4 Å². The third-order valence-corrected chi connectivity index (χ3v) is 6.26. The van der Waals surface area contributed by atoms with Gasteiger partial charge < -0.3 is 25.4 Å². The van der Waals surface area contributed by atoms with Crippen molar-refractivity contribution in [3.8, 4) is 5.75 Å². The number of piperazine rings is 1. The summed E-state index contributed by atoms with van der Waals surface area (Å²) >= 11 is 0. The third-order valence-electron chi connectivity index (χ3n) is 6.26. The van der Waals surface area contributed by atoms with Gasteiger partial charge in [-0.15, -0.1) is 0 Å². The number of aliphatic hydroxyl groups is 1. The number of aliphatic hydroxyl groups excluding tert-OH is 1. The predicted octanol–water partition coefficient (Wildman–Crippen LogP) is 1.42. The molecule has 3 aliphatic heterocycles. The number of hydrogen-bond donors (Lipinski definition) is 4. The fourth-order valence-corrected chi connectivity index (χ4v) is 4.41. The second-order valence-electron chi connectivity index (χ2n) is 8.60. The molecule has 2 aromatic rings. The number of fused-ring (bicyclic) bond motifs is 1. The van der Waals surface area contributed by atoms with Gasteiger partial charge in [0.05, 0.1) is 17.5 Å². The Hall–Kier alpha value is -2.95. The number of hydrazone groups is 1. The summed E-state index contributed by atoms with van der Waals surface area (Å²) in [7, 11) is 0. The Kier molecular flexibility index (Phi) is 6.84. The molecule has 0 bridgehead atoms. The van der Waals surface area contributed by atoms with Gasteiger partial charge in [-0.1, -0.05) is 0 Å². The van der Waals surface area contributed by atoms with Gasteiger partial charge in [0.2, 0.25) is 5.95 Å². The molecule has 3 aliphatic rings. The fourth-order valence-electron chi connectivity index (χ4n) is 4.41. The highest BCUT2D eigenvalue weighted by Crippen LogP contribution is 2.30. The number of rotatable bonds is 7. The molecule has 0 spiro atoms. The molecule has 2 fully saturated rings. The molecular weight excluding hydrogens is 420 g/mol. The molecule has 176 valence electrons. The van der Waals surface area contributed by atoms with Crippen molar-refractivity contribution in [2.24, 2.45) is 5.10 Å². The van der Waals surface area contributed by atoms with Crippen molar-refractivity contribution in [2.75, 3.05) is 62.6 Å². The molecule has 4 heterocycles. The minimum Gasteiger partial charge on any atom is -0.492 e. The number of piperidine rings is 1. The van der Waals surface area contributed by atoms with Crippen LogP contribution in [-0.2, 0) is 0 Å². The molecule has 10 nitrogen and oxygen atoms in total. The van der Waals surface area contributed by atoms with E-state index in [0.717, 1.165) is 70.1 Å². The fraction of sp³-hybridized carbons (Fsp3) is 0.522. The van der Waals surface area contributed by atoms with Crippen molar-refractivity contribution in [1.82, 2.24) is 25.6 Å². The first kappa shape index (κ1) is 21.9. The number of nitrogens with zero attached hydrogens (tertiary/aromatic N) is 5. The van der Waals surface area contributed by atoms with Gasteiger partial charge in [-0.05, 0) is 43.5 Å². The summed E-state index contributed by atoms with van der Waals surface area (Å²) in [5.74, 6) is 2.09. The Morgan fingerprint density at radius 1 is 1.03 bits per heavy atom. The average Bonchev–Trinajstić information content (AvgIpc) is 2.86. The third kappa shape index (κ3) is 5.35. The largest absolute Gasteiger partial charge is 0.492 e. The Morgan fingerprint density at radius 3 is 2.61 bits per heavy atom. The molecule has 0 saturated carbocycles. The number of hydrogen-bond acceptors (Lipinski definition) is 10. The van der Waals surface area contributed by atoms with Gasteiger partial charge in [0.15, 0.2) is 6.23 Å². The minimum absolute atomic E-state index is 0.582. The molecule has 5 rings (SSSR count). The second-order valence-corrected chi connectivity index (χ2v) is 8.60. The Labute approximate surface area is 194 Å². The number of nitrogens with one attached hydrogen (secondary N) is 3. The van der Waals surface area contributed by atoms with Crippen molar-refractivity contribution >= 4 is 23.7 Å². The molecule has 4 N–H and O–H groups in total. The van der Waals surface area contributed by atoms with E-state index in [1.807, 2.05) is 24.3 Å².